The largest absolute Gasteiger partial charge is 0.370 e. The van der Waals surface area contributed by atoms with E-state index in [0.717, 1.165) is 38.8 Å². The number of carbonyl (C=O) groups is 4. The molecule has 0 saturated carbocycles. The molecular weight excluding hydrogens is 661 g/mol. The van der Waals surface area contributed by atoms with E-state index in [1.54, 1.807) is 0 Å². The van der Waals surface area contributed by atoms with Crippen molar-refractivity contribution in [3.63, 3.8) is 0 Å². The number of amides is 4. The Morgan fingerprint density at radius 1 is 0.434 bits per heavy atom. The number of carbonyl (C=O) groups excluding carboxylic acids is 4. The van der Waals surface area contributed by atoms with Gasteiger partial charge in [-0.05, 0) is 19.3 Å². The zero-order valence-electron chi connectivity index (χ0n) is 35.2. The second-order valence-electron chi connectivity index (χ2n) is 16.0. The first-order valence-corrected chi connectivity index (χ1v) is 23.0. The lowest BCUT2D eigenvalue weighted by molar-refractivity contribution is -0.134. The Hall–Kier alpha value is -2.12. The van der Waals surface area contributed by atoms with Gasteiger partial charge in [-0.3, -0.25) is 19.2 Å². The van der Waals surface area contributed by atoms with E-state index in [0.29, 0.717) is 0 Å². The third-order valence-corrected chi connectivity index (χ3v) is 10.8. The molecule has 0 rings (SSSR count). The summed E-state index contributed by atoms with van der Waals surface area (Å²) < 4.78 is 0. The van der Waals surface area contributed by atoms with Crippen molar-refractivity contribution < 1.29 is 19.2 Å². The second-order valence-corrected chi connectivity index (χ2v) is 16.0. The standard InChI is InChI=1S/C45H88N4O4/c1-3-5-7-9-11-13-15-17-19-21-23-25-27-29-31-33-39-49(44(52)38-37-43(51)48-41(45(47)53)35-36-42(46)50)40-34-32-30-28-26-24-22-20-18-16-14-12-10-8-6-4-2/h41H,3-40H2,1-2H3,(H2,46,50)(H2,47,53)(H,48,51). The normalized spacial score (nSPS) is 11.8. The van der Waals surface area contributed by atoms with Crippen molar-refractivity contribution in [1.82, 2.24) is 10.2 Å². The van der Waals surface area contributed by atoms with Gasteiger partial charge in [0.05, 0.1) is 0 Å². The third kappa shape index (κ3) is 36.6. The van der Waals surface area contributed by atoms with E-state index < -0.39 is 23.8 Å². The average Bonchev–Trinajstić information content (AvgIpc) is 3.14. The molecule has 0 bridgehead atoms. The molecule has 1 unspecified atom stereocenters. The van der Waals surface area contributed by atoms with Crippen molar-refractivity contribution in [2.24, 2.45) is 11.5 Å². The maximum absolute atomic E-state index is 13.3. The van der Waals surface area contributed by atoms with Crippen LogP contribution in [0.2, 0.25) is 0 Å². The highest BCUT2D eigenvalue weighted by Gasteiger charge is 2.20. The van der Waals surface area contributed by atoms with Crippen molar-refractivity contribution in [1.29, 1.82) is 0 Å². The molecule has 0 fully saturated rings. The summed E-state index contributed by atoms with van der Waals surface area (Å²) in [5.41, 5.74) is 10.6. The summed E-state index contributed by atoms with van der Waals surface area (Å²) in [7, 11) is 0. The Bertz CT molecular complexity index is 831. The van der Waals surface area contributed by atoms with E-state index in [1.807, 2.05) is 4.90 Å². The van der Waals surface area contributed by atoms with E-state index in [2.05, 4.69) is 19.2 Å². The van der Waals surface area contributed by atoms with Gasteiger partial charge in [-0.15, -0.1) is 0 Å². The predicted octanol–water partition coefficient (Wildman–Crippen LogP) is 11.4. The van der Waals surface area contributed by atoms with Crippen LogP contribution in [0, 0.1) is 0 Å². The summed E-state index contributed by atoms with van der Waals surface area (Å²) in [5, 5.41) is 2.58. The molecule has 8 nitrogen and oxygen atoms in total. The van der Waals surface area contributed by atoms with Crippen LogP contribution in [0.25, 0.3) is 0 Å². The number of unbranched alkanes of at least 4 members (excludes halogenated alkanes) is 30. The van der Waals surface area contributed by atoms with E-state index in [-0.39, 0.29) is 31.6 Å². The SMILES string of the molecule is CCCCCCCCCCCCCCCCCCN(CCCCCCCCCCCCCCCCCC)C(=O)CCC(=O)NC(CCC(N)=O)C(N)=O. The van der Waals surface area contributed by atoms with Crippen LogP contribution in [0.15, 0.2) is 0 Å². The second kappa shape index (κ2) is 39.6. The molecule has 0 aromatic rings. The van der Waals surface area contributed by atoms with Crippen LogP contribution < -0.4 is 16.8 Å². The fourth-order valence-electron chi connectivity index (χ4n) is 7.28. The maximum atomic E-state index is 13.3. The Morgan fingerprint density at radius 2 is 0.736 bits per heavy atom. The molecule has 312 valence electrons. The lowest BCUT2D eigenvalue weighted by Crippen LogP contribution is -2.45. The minimum Gasteiger partial charge on any atom is -0.370 e. The Balaban J connectivity index is 4.34. The van der Waals surface area contributed by atoms with Crippen molar-refractivity contribution in [3.8, 4) is 0 Å². The number of hydrogen-bond donors (Lipinski definition) is 3. The highest BCUT2D eigenvalue weighted by Crippen LogP contribution is 2.16. The predicted molar refractivity (Wildman–Crippen MR) is 224 cm³/mol. The topological polar surface area (TPSA) is 136 Å². The highest BCUT2D eigenvalue weighted by atomic mass is 16.2. The van der Waals surface area contributed by atoms with Crippen LogP contribution in [0.3, 0.4) is 0 Å². The molecule has 0 aliphatic rings. The van der Waals surface area contributed by atoms with E-state index >= 15 is 0 Å². The zero-order chi connectivity index (χ0) is 39.0. The van der Waals surface area contributed by atoms with Gasteiger partial charge >= 0.3 is 0 Å². The van der Waals surface area contributed by atoms with Crippen molar-refractivity contribution in [2.45, 2.75) is 251 Å². The van der Waals surface area contributed by atoms with Gasteiger partial charge in [0.25, 0.3) is 0 Å². The molecule has 0 radical (unpaired) electrons. The minimum atomic E-state index is -0.962. The average molecular weight is 749 g/mol. The minimum absolute atomic E-state index is 0.00479. The van der Waals surface area contributed by atoms with E-state index in [9.17, 15) is 19.2 Å². The van der Waals surface area contributed by atoms with Gasteiger partial charge in [0.15, 0.2) is 0 Å². The molecule has 8 heteroatoms. The van der Waals surface area contributed by atoms with Gasteiger partial charge in [0, 0.05) is 32.4 Å². The molecule has 1 atom stereocenters. The molecule has 0 aromatic heterocycles. The van der Waals surface area contributed by atoms with E-state index in [4.69, 9.17) is 11.5 Å². The molecule has 5 N–H and O–H groups in total. The van der Waals surface area contributed by atoms with Gasteiger partial charge in [-0.1, -0.05) is 206 Å². The first kappa shape index (κ1) is 50.9. The summed E-state index contributed by atoms with van der Waals surface area (Å²) in [6, 6.07) is -0.962. The van der Waals surface area contributed by atoms with Crippen LogP contribution in [-0.4, -0.2) is 47.7 Å². The lowest BCUT2D eigenvalue weighted by atomic mass is 10.0. The molecule has 0 aliphatic carbocycles. The number of nitrogens with one attached hydrogen (secondary N) is 1. The first-order valence-electron chi connectivity index (χ1n) is 23.0. The molecule has 0 aliphatic heterocycles. The van der Waals surface area contributed by atoms with E-state index in [1.165, 1.54) is 180 Å². The molecule has 0 aromatic carbocycles. The van der Waals surface area contributed by atoms with Crippen LogP contribution in [-0.2, 0) is 19.2 Å². The summed E-state index contributed by atoms with van der Waals surface area (Å²) in [6.45, 7) is 6.02. The monoisotopic (exact) mass is 749 g/mol. The quantitative estimate of drug-likeness (QED) is 0.0535. The third-order valence-electron chi connectivity index (χ3n) is 10.8. The van der Waals surface area contributed by atoms with Crippen LogP contribution in [0.1, 0.15) is 245 Å². The smallest absolute Gasteiger partial charge is 0.240 e. The van der Waals surface area contributed by atoms with Gasteiger partial charge in [-0.25, -0.2) is 0 Å². The number of nitrogens with two attached hydrogens (primary N) is 2. The molecular formula is C45H88N4O4. The summed E-state index contributed by atoms with van der Waals surface area (Å²) in [6.07, 6.45) is 42.3. The lowest BCUT2D eigenvalue weighted by Gasteiger charge is -2.23. The highest BCUT2D eigenvalue weighted by molar-refractivity contribution is 5.89. The van der Waals surface area contributed by atoms with Crippen molar-refractivity contribution in [2.75, 3.05) is 13.1 Å². The van der Waals surface area contributed by atoms with Crippen LogP contribution in [0.5, 0.6) is 0 Å². The fraction of sp³-hybridized carbons (Fsp3) is 0.911. The Labute approximate surface area is 327 Å². The number of primary amides is 2. The van der Waals surface area contributed by atoms with Crippen LogP contribution in [0.4, 0.5) is 0 Å². The molecule has 53 heavy (non-hydrogen) atoms. The maximum Gasteiger partial charge on any atom is 0.240 e. The zero-order valence-corrected chi connectivity index (χ0v) is 35.2. The van der Waals surface area contributed by atoms with Gasteiger partial charge in [-0.2, -0.15) is 0 Å². The van der Waals surface area contributed by atoms with Crippen molar-refractivity contribution in [3.05, 3.63) is 0 Å². The molecule has 0 saturated heterocycles. The summed E-state index contributed by atoms with van der Waals surface area (Å²) >= 11 is 0. The number of hydrogen-bond acceptors (Lipinski definition) is 4. The van der Waals surface area contributed by atoms with Gasteiger partial charge < -0.3 is 21.7 Å². The van der Waals surface area contributed by atoms with Gasteiger partial charge in [0.2, 0.25) is 23.6 Å². The summed E-state index contributed by atoms with van der Waals surface area (Å²) in [4.78, 5) is 50.6. The summed E-state index contributed by atoms with van der Waals surface area (Å²) in [5.74, 6) is -1.68. The number of nitrogens with zero attached hydrogens (tertiary/aromatic N) is 1. The van der Waals surface area contributed by atoms with Gasteiger partial charge in [0.1, 0.15) is 6.04 Å². The first-order chi connectivity index (χ1) is 25.8. The molecule has 0 spiro atoms. The molecule has 0 heterocycles. The Morgan fingerprint density at radius 3 is 1.02 bits per heavy atom. The molecule has 4 amide bonds. The fourth-order valence-corrected chi connectivity index (χ4v) is 7.28. The van der Waals surface area contributed by atoms with Crippen molar-refractivity contribution >= 4 is 23.6 Å². The number of rotatable bonds is 42. The Kier molecular flexibility index (Phi) is 38.0. The van der Waals surface area contributed by atoms with Crippen LogP contribution >= 0.6 is 0 Å².